The Balaban J connectivity index is 1.70. The molecule has 0 radical (unpaired) electrons. The summed E-state index contributed by atoms with van der Waals surface area (Å²) in [6.45, 7) is 0. The molecule has 4 rings (SSSR count). The van der Waals surface area contributed by atoms with Gasteiger partial charge in [-0.2, -0.15) is 0 Å². The van der Waals surface area contributed by atoms with Crippen molar-refractivity contribution in [3.05, 3.63) is 58.2 Å². The number of halogens is 2. The van der Waals surface area contributed by atoms with Crippen LogP contribution in [0.5, 0.6) is 5.75 Å². The predicted octanol–water partition coefficient (Wildman–Crippen LogP) is 3.56. The molecule has 2 aromatic carbocycles. The molecule has 0 bridgehead atoms. The number of anilines is 1. The molecule has 0 atom stereocenters. The summed E-state index contributed by atoms with van der Waals surface area (Å²) in [5.74, 6) is -1.76. The minimum absolute atomic E-state index is 0.0200. The number of para-hydroxylation sites is 1. The molecule has 0 aliphatic heterocycles. The molecule has 31 heavy (non-hydrogen) atoms. The zero-order valence-electron chi connectivity index (χ0n) is 16.4. The lowest BCUT2D eigenvalue weighted by Crippen LogP contribution is -2.40. The summed E-state index contributed by atoms with van der Waals surface area (Å²) in [4.78, 5) is 37.7. The molecule has 0 unspecified atom stereocenters. The van der Waals surface area contributed by atoms with Gasteiger partial charge in [-0.05, 0) is 43.2 Å². The van der Waals surface area contributed by atoms with Gasteiger partial charge in [0, 0.05) is 17.1 Å². The number of amides is 3. The molecule has 1 aromatic heterocycles. The summed E-state index contributed by atoms with van der Waals surface area (Å²) in [5.41, 5.74) is 3.46. The summed E-state index contributed by atoms with van der Waals surface area (Å²) >= 11 is 11.9. The Hall–Kier alpha value is -3.23. The van der Waals surface area contributed by atoms with Crippen molar-refractivity contribution < 1.29 is 19.1 Å². The monoisotopic (exact) mass is 460 g/mol. The van der Waals surface area contributed by atoms with E-state index in [0.717, 1.165) is 12.8 Å². The molecule has 10 heteroatoms. The van der Waals surface area contributed by atoms with Crippen LogP contribution in [-0.4, -0.2) is 35.5 Å². The number of benzene rings is 2. The third-order valence-electron chi connectivity index (χ3n) is 4.75. The fourth-order valence-corrected chi connectivity index (χ4v) is 3.37. The van der Waals surface area contributed by atoms with Crippen molar-refractivity contribution in [3.63, 3.8) is 0 Å². The lowest BCUT2D eigenvalue weighted by molar-refractivity contribution is -0.136. The number of nitrogens with zero attached hydrogens (tertiary/aromatic N) is 1. The average Bonchev–Trinajstić information content (AvgIpc) is 3.49. The second-order valence-electron chi connectivity index (χ2n) is 7.03. The van der Waals surface area contributed by atoms with E-state index in [4.69, 9.17) is 27.9 Å². The maximum atomic E-state index is 13.0. The Morgan fingerprint density at radius 2 is 1.81 bits per heavy atom. The smallest absolute Gasteiger partial charge is 0.328 e. The minimum atomic E-state index is -0.890. The third-order valence-corrected chi connectivity index (χ3v) is 5.49. The van der Waals surface area contributed by atoms with E-state index in [2.05, 4.69) is 16.1 Å². The first-order valence-corrected chi connectivity index (χ1v) is 10.2. The van der Waals surface area contributed by atoms with Crippen molar-refractivity contribution >= 4 is 57.5 Å². The van der Waals surface area contributed by atoms with Gasteiger partial charge in [0.25, 0.3) is 5.91 Å². The fourth-order valence-electron chi connectivity index (χ4n) is 3.08. The van der Waals surface area contributed by atoms with Crippen LogP contribution in [0.4, 0.5) is 5.69 Å². The molecule has 1 fully saturated rings. The number of carbonyl (C=O) groups excluding carboxylic acids is 3. The van der Waals surface area contributed by atoms with Crippen molar-refractivity contribution in [2.75, 3.05) is 17.9 Å². The quantitative estimate of drug-likeness (QED) is 0.506. The Morgan fingerprint density at radius 3 is 2.48 bits per heavy atom. The highest BCUT2D eigenvalue weighted by molar-refractivity contribution is 6.42. The predicted molar refractivity (Wildman–Crippen MR) is 118 cm³/mol. The van der Waals surface area contributed by atoms with Gasteiger partial charge in [0.2, 0.25) is 0 Å². The highest BCUT2D eigenvalue weighted by Crippen LogP contribution is 2.29. The van der Waals surface area contributed by atoms with Crippen molar-refractivity contribution in [2.45, 2.75) is 18.9 Å². The summed E-state index contributed by atoms with van der Waals surface area (Å²) in [5, 5.41) is 6.61. The molecule has 8 nitrogen and oxygen atoms in total. The van der Waals surface area contributed by atoms with Crippen molar-refractivity contribution in [2.24, 2.45) is 0 Å². The molecule has 1 saturated carbocycles. The average molecular weight is 461 g/mol. The lowest BCUT2D eigenvalue weighted by atomic mass is 10.2. The van der Waals surface area contributed by atoms with Crippen molar-refractivity contribution in [3.8, 4) is 5.75 Å². The van der Waals surface area contributed by atoms with E-state index in [-0.39, 0.29) is 16.8 Å². The highest BCUT2D eigenvalue weighted by Gasteiger charge is 2.28. The number of methoxy groups -OCH3 is 1. The first-order chi connectivity index (χ1) is 14.9. The normalized spacial score (nSPS) is 13.0. The maximum Gasteiger partial charge on any atom is 0.328 e. The molecule has 160 valence electrons. The molecular formula is C21H18Cl2N4O4. The number of ether oxygens (including phenoxy) is 1. The van der Waals surface area contributed by atoms with Gasteiger partial charge in [0.1, 0.15) is 17.0 Å². The van der Waals surface area contributed by atoms with Crippen LogP contribution in [0.1, 0.15) is 23.3 Å². The zero-order chi connectivity index (χ0) is 22.1. The molecule has 0 saturated heterocycles. The van der Waals surface area contributed by atoms with E-state index in [1.807, 2.05) is 0 Å². The maximum absolute atomic E-state index is 13.0. The lowest BCUT2D eigenvalue weighted by Gasteiger charge is -2.14. The van der Waals surface area contributed by atoms with Gasteiger partial charge in [0.05, 0.1) is 17.2 Å². The molecule has 1 heterocycles. The number of hydrogen-bond acceptors (Lipinski definition) is 4. The molecule has 0 spiro atoms. The number of fused-ring (bicyclic) bond motifs is 1. The number of carbonyl (C=O) groups is 3. The Labute approximate surface area is 187 Å². The van der Waals surface area contributed by atoms with Gasteiger partial charge in [-0.15, -0.1) is 0 Å². The Morgan fingerprint density at radius 1 is 1.03 bits per heavy atom. The number of hydrogen-bond donors (Lipinski definition) is 3. The largest absolute Gasteiger partial charge is 0.494 e. The van der Waals surface area contributed by atoms with Crippen LogP contribution < -0.4 is 20.8 Å². The second kappa shape index (κ2) is 8.49. The molecule has 1 aliphatic carbocycles. The SMILES string of the molecule is COc1cccc2cc(C(=O)Nc3ccc(Cl)c(Cl)c3)n(NC(=O)C(=O)NC3CC3)c12. The van der Waals surface area contributed by atoms with Crippen LogP contribution in [0.15, 0.2) is 42.5 Å². The van der Waals surface area contributed by atoms with E-state index in [9.17, 15) is 14.4 Å². The van der Waals surface area contributed by atoms with Crippen molar-refractivity contribution in [1.29, 1.82) is 0 Å². The summed E-state index contributed by atoms with van der Waals surface area (Å²) < 4.78 is 6.63. The zero-order valence-corrected chi connectivity index (χ0v) is 17.9. The van der Waals surface area contributed by atoms with Crippen LogP contribution >= 0.6 is 23.2 Å². The summed E-state index contributed by atoms with van der Waals surface area (Å²) in [6.07, 6.45) is 1.69. The van der Waals surface area contributed by atoms with Crippen LogP contribution in [0.25, 0.3) is 10.9 Å². The van der Waals surface area contributed by atoms with E-state index in [0.29, 0.717) is 27.4 Å². The summed E-state index contributed by atoms with van der Waals surface area (Å²) in [6, 6.07) is 11.5. The van der Waals surface area contributed by atoms with Crippen LogP contribution in [0.2, 0.25) is 10.0 Å². The van der Waals surface area contributed by atoms with E-state index < -0.39 is 17.7 Å². The third kappa shape index (κ3) is 4.45. The minimum Gasteiger partial charge on any atom is -0.494 e. The molecule has 1 aliphatic rings. The van der Waals surface area contributed by atoms with Crippen LogP contribution in [-0.2, 0) is 9.59 Å². The second-order valence-corrected chi connectivity index (χ2v) is 7.85. The number of aromatic nitrogens is 1. The van der Waals surface area contributed by atoms with E-state index in [1.54, 1.807) is 36.4 Å². The van der Waals surface area contributed by atoms with Gasteiger partial charge in [0.15, 0.2) is 0 Å². The van der Waals surface area contributed by atoms with Crippen molar-refractivity contribution in [1.82, 2.24) is 9.99 Å². The van der Waals surface area contributed by atoms with Crippen LogP contribution in [0.3, 0.4) is 0 Å². The first kappa shape index (κ1) is 21.0. The molecule has 3 amide bonds. The standard InChI is InChI=1S/C21H18Cl2N4O4/c1-31-17-4-2-3-11-9-16(19(28)25-13-7-8-14(22)15(23)10-13)27(18(11)17)26-21(30)20(29)24-12-5-6-12/h2-4,7-10,12H,5-6H2,1H3,(H,24,29)(H,25,28)(H,26,30). The van der Waals surface area contributed by atoms with Gasteiger partial charge in [-0.1, -0.05) is 35.3 Å². The Bertz CT molecular complexity index is 1200. The fraction of sp³-hybridized carbons (Fsp3) is 0.190. The van der Waals surface area contributed by atoms with E-state index in [1.165, 1.54) is 17.9 Å². The molecule has 3 N–H and O–H groups in total. The number of rotatable bonds is 5. The first-order valence-electron chi connectivity index (χ1n) is 9.44. The molecular weight excluding hydrogens is 443 g/mol. The molecule has 3 aromatic rings. The van der Waals surface area contributed by atoms with Gasteiger partial charge in [-0.25, -0.2) is 4.68 Å². The number of nitrogens with one attached hydrogen (secondary N) is 3. The van der Waals surface area contributed by atoms with Gasteiger partial charge >= 0.3 is 11.8 Å². The topological polar surface area (TPSA) is 101 Å². The van der Waals surface area contributed by atoms with Gasteiger partial charge in [-0.3, -0.25) is 19.8 Å². The highest BCUT2D eigenvalue weighted by atomic mass is 35.5. The van der Waals surface area contributed by atoms with Crippen LogP contribution in [0, 0.1) is 0 Å². The van der Waals surface area contributed by atoms with E-state index >= 15 is 0 Å². The Kier molecular flexibility index (Phi) is 5.75. The summed E-state index contributed by atoms with van der Waals surface area (Å²) in [7, 11) is 1.48. The van der Waals surface area contributed by atoms with Gasteiger partial charge < -0.3 is 15.4 Å².